The van der Waals surface area contributed by atoms with E-state index in [0.29, 0.717) is 6.04 Å². The van der Waals surface area contributed by atoms with Gasteiger partial charge < -0.3 is 5.32 Å². The average molecular weight is 275 g/mol. The highest BCUT2D eigenvalue weighted by molar-refractivity contribution is 5.27. The molecule has 1 aromatic rings. The molecule has 0 saturated heterocycles. The van der Waals surface area contributed by atoms with E-state index in [0.717, 1.165) is 12.5 Å². The van der Waals surface area contributed by atoms with Crippen molar-refractivity contribution in [2.75, 3.05) is 6.54 Å². The minimum Gasteiger partial charge on any atom is -0.314 e. The highest BCUT2D eigenvalue weighted by atomic mass is 14.9. The normalized spacial score (nSPS) is 15.1. The molecule has 2 atom stereocenters. The Labute approximate surface area is 126 Å². The quantitative estimate of drug-likeness (QED) is 0.743. The van der Waals surface area contributed by atoms with Gasteiger partial charge in [-0.05, 0) is 55.2 Å². The third kappa shape index (κ3) is 6.09. The molecular formula is C19H33N. The lowest BCUT2D eigenvalue weighted by Gasteiger charge is -2.21. The molecule has 0 aromatic heterocycles. The second-order valence-electron chi connectivity index (χ2n) is 7.35. The largest absolute Gasteiger partial charge is 0.314 e. The molecule has 0 radical (unpaired) electrons. The van der Waals surface area contributed by atoms with E-state index in [1.807, 2.05) is 0 Å². The highest BCUT2D eigenvalue weighted by Gasteiger charge is 2.14. The lowest BCUT2D eigenvalue weighted by Crippen LogP contribution is -2.28. The van der Waals surface area contributed by atoms with Crippen LogP contribution in [0.5, 0.6) is 0 Å². The zero-order valence-electron chi connectivity index (χ0n) is 14.3. The molecule has 1 rings (SSSR count). The van der Waals surface area contributed by atoms with Crippen molar-refractivity contribution in [1.29, 1.82) is 0 Å². The standard InChI is InChI=1S/C19H33N/c1-7-12-20-16(3)13-15(2)14-17-8-10-18(11-9-17)19(4,5)6/h8-11,15-16,20H,7,12-14H2,1-6H3. The number of nitrogens with one attached hydrogen (secondary N) is 1. The molecule has 114 valence electrons. The first-order chi connectivity index (χ1) is 9.32. The van der Waals surface area contributed by atoms with E-state index in [4.69, 9.17) is 0 Å². The van der Waals surface area contributed by atoms with Gasteiger partial charge in [0.1, 0.15) is 0 Å². The van der Waals surface area contributed by atoms with Crippen LogP contribution in [0.3, 0.4) is 0 Å². The van der Waals surface area contributed by atoms with Crippen LogP contribution < -0.4 is 5.32 Å². The van der Waals surface area contributed by atoms with Gasteiger partial charge in [-0.1, -0.05) is 58.9 Å². The van der Waals surface area contributed by atoms with Gasteiger partial charge in [0.25, 0.3) is 0 Å². The molecule has 0 amide bonds. The number of rotatable bonds is 7. The zero-order valence-corrected chi connectivity index (χ0v) is 14.3. The molecule has 0 fully saturated rings. The molecule has 1 N–H and O–H groups in total. The second-order valence-corrected chi connectivity index (χ2v) is 7.35. The first-order valence-electron chi connectivity index (χ1n) is 8.15. The van der Waals surface area contributed by atoms with Crippen LogP contribution in [0, 0.1) is 5.92 Å². The molecule has 0 bridgehead atoms. The predicted molar refractivity (Wildman–Crippen MR) is 90.4 cm³/mol. The maximum atomic E-state index is 3.58. The number of benzene rings is 1. The van der Waals surface area contributed by atoms with E-state index in [9.17, 15) is 0 Å². The molecule has 1 nitrogen and oxygen atoms in total. The lowest BCUT2D eigenvalue weighted by molar-refractivity contribution is 0.420. The summed E-state index contributed by atoms with van der Waals surface area (Å²) >= 11 is 0. The van der Waals surface area contributed by atoms with Crippen LogP contribution in [-0.2, 0) is 11.8 Å². The van der Waals surface area contributed by atoms with Gasteiger partial charge >= 0.3 is 0 Å². The Morgan fingerprint density at radius 2 is 1.65 bits per heavy atom. The van der Waals surface area contributed by atoms with Crippen LogP contribution in [0.15, 0.2) is 24.3 Å². The van der Waals surface area contributed by atoms with Crippen LogP contribution >= 0.6 is 0 Å². The fourth-order valence-corrected chi connectivity index (χ4v) is 2.70. The fourth-order valence-electron chi connectivity index (χ4n) is 2.70. The molecule has 1 aromatic carbocycles. The molecule has 0 aliphatic carbocycles. The Morgan fingerprint density at radius 1 is 1.05 bits per heavy atom. The Kier molecular flexibility index (Phi) is 6.75. The van der Waals surface area contributed by atoms with Gasteiger partial charge in [-0.3, -0.25) is 0 Å². The van der Waals surface area contributed by atoms with Crippen molar-refractivity contribution in [3.63, 3.8) is 0 Å². The van der Waals surface area contributed by atoms with Crippen molar-refractivity contribution in [3.8, 4) is 0 Å². The van der Waals surface area contributed by atoms with Gasteiger partial charge in [0.2, 0.25) is 0 Å². The molecule has 0 aliphatic heterocycles. The van der Waals surface area contributed by atoms with Crippen LogP contribution in [-0.4, -0.2) is 12.6 Å². The van der Waals surface area contributed by atoms with Crippen molar-refractivity contribution >= 4 is 0 Å². The Balaban J connectivity index is 2.48. The summed E-state index contributed by atoms with van der Waals surface area (Å²) in [6, 6.07) is 9.82. The van der Waals surface area contributed by atoms with Crippen molar-refractivity contribution in [2.45, 2.75) is 72.3 Å². The summed E-state index contributed by atoms with van der Waals surface area (Å²) in [5, 5.41) is 3.58. The zero-order chi connectivity index (χ0) is 15.2. The first kappa shape index (κ1) is 17.2. The monoisotopic (exact) mass is 275 g/mol. The Bertz CT molecular complexity index is 372. The summed E-state index contributed by atoms with van der Waals surface area (Å²) in [5.41, 5.74) is 3.14. The summed E-state index contributed by atoms with van der Waals surface area (Å²) in [4.78, 5) is 0. The van der Waals surface area contributed by atoms with Gasteiger partial charge in [-0.25, -0.2) is 0 Å². The SMILES string of the molecule is CCCNC(C)CC(C)Cc1ccc(C(C)(C)C)cc1. The van der Waals surface area contributed by atoms with Crippen molar-refractivity contribution in [2.24, 2.45) is 5.92 Å². The minimum atomic E-state index is 0.253. The minimum absolute atomic E-state index is 0.253. The predicted octanol–water partition coefficient (Wildman–Crippen LogP) is 4.94. The van der Waals surface area contributed by atoms with Gasteiger partial charge in [-0.15, -0.1) is 0 Å². The summed E-state index contributed by atoms with van der Waals surface area (Å²) in [5.74, 6) is 0.731. The Hall–Kier alpha value is -0.820. The molecule has 2 unspecified atom stereocenters. The van der Waals surface area contributed by atoms with E-state index in [-0.39, 0.29) is 5.41 Å². The molecule has 1 heteroatoms. The van der Waals surface area contributed by atoms with E-state index in [1.165, 1.54) is 30.4 Å². The summed E-state index contributed by atoms with van der Waals surface area (Å²) in [6.45, 7) is 14.8. The van der Waals surface area contributed by atoms with Gasteiger partial charge in [-0.2, -0.15) is 0 Å². The third-order valence-electron chi connectivity index (χ3n) is 3.90. The summed E-state index contributed by atoms with van der Waals surface area (Å²) in [6.07, 6.45) is 3.65. The highest BCUT2D eigenvalue weighted by Crippen LogP contribution is 2.23. The smallest absolute Gasteiger partial charge is 0.00413 e. The van der Waals surface area contributed by atoms with Crippen LogP contribution in [0.1, 0.15) is 65.5 Å². The molecule has 0 heterocycles. The van der Waals surface area contributed by atoms with E-state index in [1.54, 1.807) is 0 Å². The Morgan fingerprint density at radius 3 is 2.15 bits per heavy atom. The van der Waals surface area contributed by atoms with Crippen LogP contribution in [0.4, 0.5) is 0 Å². The van der Waals surface area contributed by atoms with Crippen LogP contribution in [0.2, 0.25) is 0 Å². The molecular weight excluding hydrogens is 242 g/mol. The van der Waals surface area contributed by atoms with Crippen molar-refractivity contribution in [3.05, 3.63) is 35.4 Å². The molecule has 20 heavy (non-hydrogen) atoms. The molecule has 0 aliphatic rings. The molecule has 0 spiro atoms. The average Bonchev–Trinajstić information content (AvgIpc) is 2.35. The maximum Gasteiger partial charge on any atom is 0.00413 e. The van der Waals surface area contributed by atoms with E-state index < -0.39 is 0 Å². The molecule has 0 saturated carbocycles. The van der Waals surface area contributed by atoms with Gasteiger partial charge in [0, 0.05) is 6.04 Å². The number of hydrogen-bond acceptors (Lipinski definition) is 1. The van der Waals surface area contributed by atoms with Gasteiger partial charge in [0.15, 0.2) is 0 Å². The van der Waals surface area contributed by atoms with E-state index in [2.05, 4.69) is 71.1 Å². The summed E-state index contributed by atoms with van der Waals surface area (Å²) < 4.78 is 0. The van der Waals surface area contributed by atoms with Crippen LogP contribution in [0.25, 0.3) is 0 Å². The summed E-state index contributed by atoms with van der Waals surface area (Å²) in [7, 11) is 0. The van der Waals surface area contributed by atoms with Gasteiger partial charge in [0.05, 0.1) is 0 Å². The fraction of sp³-hybridized carbons (Fsp3) is 0.684. The maximum absolute atomic E-state index is 3.58. The first-order valence-corrected chi connectivity index (χ1v) is 8.15. The second kappa shape index (κ2) is 7.83. The topological polar surface area (TPSA) is 12.0 Å². The van der Waals surface area contributed by atoms with E-state index >= 15 is 0 Å². The number of hydrogen-bond donors (Lipinski definition) is 1. The van der Waals surface area contributed by atoms with Crippen molar-refractivity contribution in [1.82, 2.24) is 5.32 Å². The third-order valence-corrected chi connectivity index (χ3v) is 3.90. The van der Waals surface area contributed by atoms with Crippen molar-refractivity contribution < 1.29 is 0 Å². The lowest BCUT2D eigenvalue weighted by atomic mass is 9.86.